The monoisotopic (exact) mass is 202 g/mol. The number of aliphatic carboxylic acids is 1. The molecule has 0 rings (SSSR count). The van der Waals surface area contributed by atoms with Gasteiger partial charge in [0.1, 0.15) is 5.70 Å². The van der Waals surface area contributed by atoms with Crippen molar-refractivity contribution in [3.8, 4) is 0 Å². The number of hydrogen-bond donors (Lipinski definition) is 2. The minimum absolute atomic E-state index is 0.0936. The van der Waals surface area contributed by atoms with Crippen LogP contribution in [-0.2, 0) is 4.79 Å². The van der Waals surface area contributed by atoms with Gasteiger partial charge in [0.25, 0.3) is 0 Å². The molecular formula is C10H20NO3+. The lowest BCUT2D eigenvalue weighted by atomic mass is 10.1. The van der Waals surface area contributed by atoms with Crippen LogP contribution < -0.4 is 0 Å². The molecule has 0 aliphatic carbocycles. The summed E-state index contributed by atoms with van der Waals surface area (Å²) in [5.41, 5.74) is 1.23. The predicted octanol–water partition coefficient (Wildman–Crippen LogP) is 0.824. The van der Waals surface area contributed by atoms with Crippen LogP contribution in [0.3, 0.4) is 0 Å². The van der Waals surface area contributed by atoms with E-state index in [1.807, 2.05) is 21.1 Å². The van der Waals surface area contributed by atoms with Gasteiger partial charge in [-0.05, 0) is 13.3 Å². The molecule has 82 valence electrons. The number of quaternary nitrogens is 1. The fraction of sp³-hybridized carbons (Fsp3) is 0.700. The average molecular weight is 202 g/mol. The van der Waals surface area contributed by atoms with Crippen molar-refractivity contribution in [1.29, 1.82) is 0 Å². The molecule has 2 N–H and O–H groups in total. The van der Waals surface area contributed by atoms with E-state index < -0.39 is 5.97 Å². The Bertz CT molecular complexity index is 238. The maximum atomic E-state index is 10.8. The number of carboxylic acids is 1. The second kappa shape index (κ2) is 5.12. The number of hydrogen-bond acceptors (Lipinski definition) is 2. The number of rotatable bonds is 5. The molecule has 0 aromatic heterocycles. The van der Waals surface area contributed by atoms with Gasteiger partial charge in [-0.15, -0.1) is 0 Å². The first-order valence-corrected chi connectivity index (χ1v) is 4.66. The van der Waals surface area contributed by atoms with Gasteiger partial charge in [0.15, 0.2) is 0 Å². The molecule has 0 bridgehead atoms. The summed E-state index contributed by atoms with van der Waals surface area (Å²) in [7, 11) is 5.79. The van der Waals surface area contributed by atoms with E-state index in [2.05, 4.69) is 0 Å². The van der Waals surface area contributed by atoms with Crippen molar-refractivity contribution in [2.24, 2.45) is 0 Å². The van der Waals surface area contributed by atoms with Crippen molar-refractivity contribution >= 4 is 5.97 Å². The number of carboxylic acid groups (broad SMARTS) is 1. The highest BCUT2D eigenvalue weighted by atomic mass is 16.4. The number of carbonyl (C=O) groups is 1. The Labute approximate surface area is 85.1 Å². The summed E-state index contributed by atoms with van der Waals surface area (Å²) in [5.74, 6) is -0.883. The SMILES string of the molecule is CC(C(=O)O)=C(CCCO)[N+](C)(C)C. The standard InChI is InChI=1S/C10H19NO3/c1-8(10(13)14)9(6-5-7-12)11(2,3)4/h12H,5-7H2,1-4H3/p+1. The summed E-state index contributed by atoms with van der Waals surface area (Å²) in [5, 5.41) is 17.6. The number of nitrogens with zero attached hydrogens (tertiary/aromatic N) is 1. The van der Waals surface area contributed by atoms with Crippen LogP contribution in [0.2, 0.25) is 0 Å². The van der Waals surface area contributed by atoms with Crippen LogP contribution in [0.1, 0.15) is 19.8 Å². The summed E-state index contributed by atoms with van der Waals surface area (Å²) in [4.78, 5) is 10.8. The van der Waals surface area contributed by atoms with Gasteiger partial charge in [0.05, 0.1) is 26.7 Å². The highest BCUT2D eigenvalue weighted by molar-refractivity contribution is 5.86. The van der Waals surface area contributed by atoms with E-state index in [4.69, 9.17) is 10.2 Å². The zero-order valence-electron chi connectivity index (χ0n) is 9.37. The van der Waals surface area contributed by atoms with Gasteiger partial charge in [0.2, 0.25) is 0 Å². The normalized spacial score (nSPS) is 13.8. The predicted molar refractivity (Wildman–Crippen MR) is 54.7 cm³/mol. The van der Waals surface area contributed by atoms with Crippen molar-refractivity contribution < 1.29 is 19.5 Å². The Morgan fingerprint density at radius 2 is 1.79 bits per heavy atom. The molecule has 0 fully saturated rings. The minimum Gasteiger partial charge on any atom is -0.478 e. The summed E-state index contributed by atoms with van der Waals surface area (Å²) in [6.45, 7) is 1.70. The van der Waals surface area contributed by atoms with E-state index in [0.29, 0.717) is 22.9 Å². The van der Waals surface area contributed by atoms with Gasteiger partial charge in [-0.2, -0.15) is 0 Å². The van der Waals surface area contributed by atoms with Crippen molar-refractivity contribution in [2.45, 2.75) is 19.8 Å². The van der Waals surface area contributed by atoms with Crippen LogP contribution in [0.5, 0.6) is 0 Å². The van der Waals surface area contributed by atoms with Gasteiger partial charge in [-0.25, -0.2) is 4.79 Å². The minimum atomic E-state index is -0.883. The van der Waals surface area contributed by atoms with Crippen molar-refractivity contribution in [3.05, 3.63) is 11.3 Å². The lowest BCUT2D eigenvalue weighted by Gasteiger charge is -2.27. The Morgan fingerprint density at radius 1 is 1.29 bits per heavy atom. The highest BCUT2D eigenvalue weighted by Crippen LogP contribution is 2.19. The maximum absolute atomic E-state index is 10.8. The molecule has 4 heteroatoms. The molecule has 4 nitrogen and oxygen atoms in total. The molecule has 0 amide bonds. The average Bonchev–Trinajstić information content (AvgIpc) is 2.02. The summed E-state index contributed by atoms with van der Waals surface area (Å²) < 4.78 is 0.498. The summed E-state index contributed by atoms with van der Waals surface area (Å²) >= 11 is 0. The first kappa shape index (κ1) is 13.1. The summed E-state index contributed by atoms with van der Waals surface area (Å²) in [6, 6.07) is 0. The smallest absolute Gasteiger partial charge is 0.336 e. The van der Waals surface area contributed by atoms with Gasteiger partial charge < -0.3 is 14.7 Å². The number of allylic oxidation sites excluding steroid dienone is 1. The third-order valence-electron chi connectivity index (χ3n) is 2.14. The van der Waals surface area contributed by atoms with Gasteiger partial charge in [0, 0.05) is 13.0 Å². The molecule has 0 aliphatic rings. The van der Waals surface area contributed by atoms with E-state index in [9.17, 15) is 4.79 Å². The zero-order valence-corrected chi connectivity index (χ0v) is 9.37. The molecule has 0 unspecified atom stereocenters. The third kappa shape index (κ3) is 3.89. The Hall–Kier alpha value is -0.870. The fourth-order valence-electron chi connectivity index (χ4n) is 1.40. The molecular weight excluding hydrogens is 182 g/mol. The maximum Gasteiger partial charge on any atom is 0.336 e. The Morgan fingerprint density at radius 3 is 2.07 bits per heavy atom. The first-order chi connectivity index (χ1) is 6.30. The van der Waals surface area contributed by atoms with Crippen LogP contribution in [0.15, 0.2) is 11.3 Å². The topological polar surface area (TPSA) is 57.5 Å². The molecule has 0 atom stereocenters. The summed E-state index contributed by atoms with van der Waals surface area (Å²) in [6.07, 6.45) is 1.23. The molecule has 0 saturated carbocycles. The van der Waals surface area contributed by atoms with E-state index in [1.165, 1.54) is 0 Å². The quantitative estimate of drug-likeness (QED) is 0.512. The molecule has 0 spiro atoms. The lowest BCUT2D eigenvalue weighted by molar-refractivity contribution is -0.833. The second-order valence-electron chi connectivity index (χ2n) is 4.22. The Kier molecular flexibility index (Phi) is 4.80. The lowest BCUT2D eigenvalue weighted by Crippen LogP contribution is -2.35. The zero-order chi connectivity index (χ0) is 11.4. The van der Waals surface area contributed by atoms with E-state index in [0.717, 1.165) is 5.70 Å². The van der Waals surface area contributed by atoms with E-state index in [-0.39, 0.29) is 6.61 Å². The number of aliphatic hydroxyl groups is 1. The highest BCUT2D eigenvalue weighted by Gasteiger charge is 2.22. The largest absolute Gasteiger partial charge is 0.478 e. The van der Waals surface area contributed by atoms with E-state index >= 15 is 0 Å². The van der Waals surface area contributed by atoms with Gasteiger partial charge >= 0.3 is 5.97 Å². The first-order valence-electron chi connectivity index (χ1n) is 4.66. The van der Waals surface area contributed by atoms with Crippen LogP contribution in [0.4, 0.5) is 0 Å². The van der Waals surface area contributed by atoms with Crippen LogP contribution >= 0.6 is 0 Å². The molecule has 0 saturated heterocycles. The molecule has 14 heavy (non-hydrogen) atoms. The van der Waals surface area contributed by atoms with Crippen molar-refractivity contribution in [2.75, 3.05) is 27.7 Å². The van der Waals surface area contributed by atoms with Crippen LogP contribution in [0.25, 0.3) is 0 Å². The van der Waals surface area contributed by atoms with Crippen molar-refractivity contribution in [1.82, 2.24) is 0 Å². The van der Waals surface area contributed by atoms with Gasteiger partial charge in [-0.3, -0.25) is 0 Å². The van der Waals surface area contributed by atoms with Gasteiger partial charge in [-0.1, -0.05) is 0 Å². The third-order valence-corrected chi connectivity index (χ3v) is 2.14. The molecule has 0 aromatic carbocycles. The molecule has 0 heterocycles. The van der Waals surface area contributed by atoms with Crippen LogP contribution in [-0.4, -0.2) is 48.4 Å². The molecule has 0 radical (unpaired) electrons. The number of aliphatic hydroxyl groups excluding tert-OH is 1. The fourth-order valence-corrected chi connectivity index (χ4v) is 1.40. The second-order valence-corrected chi connectivity index (χ2v) is 4.22. The van der Waals surface area contributed by atoms with Crippen LogP contribution in [0, 0.1) is 0 Å². The van der Waals surface area contributed by atoms with Crippen molar-refractivity contribution in [3.63, 3.8) is 0 Å². The van der Waals surface area contributed by atoms with E-state index in [1.54, 1.807) is 6.92 Å². The molecule has 0 aromatic rings. The molecule has 0 aliphatic heterocycles. The Balaban J connectivity index is 4.90.